The fourth-order valence-electron chi connectivity index (χ4n) is 0.0833. The maximum absolute atomic E-state index is 4.59. The Bertz CT molecular complexity index is 37.7. The third-order valence-corrected chi connectivity index (χ3v) is 0.575. The van der Waals surface area contributed by atoms with Gasteiger partial charge in [-0.15, -0.1) is 19.3 Å². The Morgan fingerprint density at radius 2 is 1.33 bits per heavy atom. The third-order valence-electron chi connectivity index (χ3n) is 0.575. The molecule has 0 rings (SSSR count). The SMILES string of the molecule is CO[C-](C)OC.Cl.[Mg+2].[SiH3-]. The van der Waals surface area contributed by atoms with Crippen molar-refractivity contribution >= 4 is 46.4 Å². The molecule has 0 atom stereocenters. The minimum atomic E-state index is 0. The summed E-state index contributed by atoms with van der Waals surface area (Å²) in [5.74, 6) is 0. The Morgan fingerprint density at radius 3 is 1.33 bits per heavy atom. The second-order valence-corrected chi connectivity index (χ2v) is 0.900. The summed E-state index contributed by atoms with van der Waals surface area (Å²) in [6, 6.07) is 0. The molecule has 0 spiro atoms. The van der Waals surface area contributed by atoms with Gasteiger partial charge in [0.2, 0.25) is 0 Å². The van der Waals surface area contributed by atoms with Gasteiger partial charge in [0.05, 0.1) is 0 Å². The molecule has 2 nitrogen and oxygen atoms in total. The van der Waals surface area contributed by atoms with Crippen molar-refractivity contribution < 1.29 is 9.47 Å². The van der Waals surface area contributed by atoms with Crippen molar-refractivity contribution in [2.75, 3.05) is 14.2 Å². The monoisotopic (exact) mass is 180 g/mol. The van der Waals surface area contributed by atoms with Gasteiger partial charge < -0.3 is 20.4 Å². The Labute approximate surface area is 83.3 Å². The first-order valence-electron chi connectivity index (χ1n) is 1.72. The van der Waals surface area contributed by atoms with Gasteiger partial charge in [-0.2, -0.15) is 0 Å². The third kappa shape index (κ3) is 17.6. The average Bonchev–Trinajstić information content (AvgIpc) is 1.65. The first-order chi connectivity index (χ1) is 2.81. The van der Waals surface area contributed by atoms with Gasteiger partial charge in [-0.25, -0.2) is 0 Å². The summed E-state index contributed by atoms with van der Waals surface area (Å²) in [5.41, 5.74) is 0. The molecule has 0 aromatic heterocycles. The van der Waals surface area contributed by atoms with E-state index in [4.69, 9.17) is 0 Å². The maximum Gasteiger partial charge on any atom is 2.00 e. The average molecular weight is 181 g/mol. The molecule has 0 bridgehead atoms. The molecule has 0 N–H and O–H groups in total. The van der Waals surface area contributed by atoms with Crippen molar-refractivity contribution in [1.82, 2.24) is 0 Å². The number of hydrogen-bond donors (Lipinski definition) is 0. The maximum atomic E-state index is 4.59. The van der Waals surface area contributed by atoms with Crippen LogP contribution in [0.3, 0.4) is 0 Å². The summed E-state index contributed by atoms with van der Waals surface area (Å²) in [5, 5.41) is 0. The van der Waals surface area contributed by atoms with E-state index in [1.165, 1.54) is 0 Å². The zero-order valence-corrected chi connectivity index (χ0v) is 10.7. The fraction of sp³-hybridized carbons (Fsp3) is 0.750. The molecule has 0 aliphatic rings. The predicted molar refractivity (Wildman–Crippen MR) is 45.9 cm³/mol. The molecule has 0 aromatic carbocycles. The van der Waals surface area contributed by atoms with Crippen LogP contribution >= 0.6 is 12.4 Å². The molecule has 9 heavy (non-hydrogen) atoms. The quantitative estimate of drug-likeness (QED) is 0.428. The molecule has 0 saturated heterocycles. The van der Waals surface area contributed by atoms with Crippen molar-refractivity contribution in [3.8, 4) is 0 Å². The molecule has 0 heterocycles. The van der Waals surface area contributed by atoms with Crippen LogP contribution < -0.4 is 0 Å². The second kappa shape index (κ2) is 16.1. The Kier molecular flexibility index (Phi) is 40.2. The van der Waals surface area contributed by atoms with E-state index < -0.39 is 0 Å². The first kappa shape index (κ1) is 22.5. The molecule has 0 aliphatic heterocycles. The molecule has 0 aliphatic carbocycles. The molecule has 54 valence electrons. The summed E-state index contributed by atoms with van der Waals surface area (Å²) in [7, 11) is 3.14. The zero-order chi connectivity index (χ0) is 4.99. The van der Waals surface area contributed by atoms with E-state index in [1.807, 2.05) is 0 Å². The van der Waals surface area contributed by atoms with Gasteiger partial charge in [0.25, 0.3) is 0 Å². The summed E-state index contributed by atoms with van der Waals surface area (Å²) < 4.78 is 9.19. The summed E-state index contributed by atoms with van der Waals surface area (Å²) in [6.45, 7) is 1.75. The van der Waals surface area contributed by atoms with E-state index >= 15 is 0 Å². The molecule has 0 amide bonds. The van der Waals surface area contributed by atoms with Crippen LogP contribution in [0.15, 0.2) is 0 Å². The second-order valence-electron chi connectivity index (χ2n) is 0.900. The molecule has 0 unspecified atom stereocenters. The molecule has 0 aromatic rings. The summed E-state index contributed by atoms with van der Waals surface area (Å²) in [6.07, 6.45) is 0.593. The zero-order valence-electron chi connectivity index (χ0n) is 6.43. The van der Waals surface area contributed by atoms with Gasteiger partial charge >= 0.3 is 23.1 Å². The molecule has 0 radical (unpaired) electrons. The Hall–Kier alpha value is 1.19. The Morgan fingerprint density at radius 1 is 1.11 bits per heavy atom. The predicted octanol–water partition coefficient (Wildman–Crippen LogP) is -0.354. The van der Waals surface area contributed by atoms with E-state index in [1.54, 1.807) is 21.1 Å². The molecule has 0 saturated carbocycles. The van der Waals surface area contributed by atoms with Crippen LogP contribution in [0.2, 0.25) is 0 Å². The number of rotatable bonds is 2. The van der Waals surface area contributed by atoms with Crippen molar-refractivity contribution in [2.45, 2.75) is 6.92 Å². The van der Waals surface area contributed by atoms with E-state index in [2.05, 4.69) is 9.47 Å². The van der Waals surface area contributed by atoms with E-state index in [0.29, 0.717) is 6.29 Å². The summed E-state index contributed by atoms with van der Waals surface area (Å²) >= 11 is 0. The first-order valence-corrected chi connectivity index (χ1v) is 1.72. The normalized spacial score (nSPS) is 6.67. The molecule has 0 fully saturated rings. The topological polar surface area (TPSA) is 18.5 Å². The summed E-state index contributed by atoms with van der Waals surface area (Å²) in [4.78, 5) is 0. The van der Waals surface area contributed by atoms with E-state index in [0.717, 1.165) is 0 Å². The van der Waals surface area contributed by atoms with E-state index in [9.17, 15) is 0 Å². The van der Waals surface area contributed by atoms with Crippen LogP contribution in [0, 0.1) is 6.29 Å². The number of ether oxygens (including phenoxy) is 2. The molecular formula is C4H13ClMgO2Si. The van der Waals surface area contributed by atoms with Crippen LogP contribution in [0.5, 0.6) is 0 Å². The van der Waals surface area contributed by atoms with Crippen molar-refractivity contribution in [1.29, 1.82) is 0 Å². The minimum absolute atomic E-state index is 0. The van der Waals surface area contributed by atoms with Crippen LogP contribution in [-0.4, -0.2) is 48.2 Å². The van der Waals surface area contributed by atoms with Crippen molar-refractivity contribution in [3.05, 3.63) is 6.29 Å². The molecular weight excluding hydrogens is 168 g/mol. The van der Waals surface area contributed by atoms with E-state index in [-0.39, 0.29) is 46.4 Å². The standard InChI is InChI=1S/C4H9O2.ClH.Mg.H3Si/c1-4(5-2)6-3;;;/h1-3H3;1H;;1H3/q-1;;+2;-1. The van der Waals surface area contributed by atoms with Gasteiger partial charge in [0, 0.05) is 14.2 Å². The van der Waals surface area contributed by atoms with Gasteiger partial charge in [-0.3, -0.25) is 0 Å². The largest absolute Gasteiger partial charge is 2.00 e. The van der Waals surface area contributed by atoms with Gasteiger partial charge in [-0.1, -0.05) is 6.29 Å². The Balaban J connectivity index is -0.0000000417. The number of methoxy groups -OCH3 is 2. The van der Waals surface area contributed by atoms with Gasteiger partial charge in [-0.05, 0) is 0 Å². The molecule has 5 heteroatoms. The van der Waals surface area contributed by atoms with Crippen molar-refractivity contribution in [2.24, 2.45) is 0 Å². The van der Waals surface area contributed by atoms with Crippen LogP contribution in [0.1, 0.15) is 6.92 Å². The number of hydrogen-bond acceptors (Lipinski definition) is 2. The van der Waals surface area contributed by atoms with Gasteiger partial charge in [0.15, 0.2) is 0 Å². The minimum Gasteiger partial charge on any atom is -0.524 e. The van der Waals surface area contributed by atoms with Crippen LogP contribution in [0.4, 0.5) is 0 Å². The smallest absolute Gasteiger partial charge is 0.524 e. The number of halogens is 1. The van der Waals surface area contributed by atoms with Gasteiger partial charge in [0.1, 0.15) is 0 Å². The van der Waals surface area contributed by atoms with Crippen LogP contribution in [-0.2, 0) is 9.47 Å². The fourth-order valence-corrected chi connectivity index (χ4v) is 0.0833. The van der Waals surface area contributed by atoms with Crippen LogP contribution in [0.25, 0.3) is 0 Å². The van der Waals surface area contributed by atoms with Crippen molar-refractivity contribution in [3.63, 3.8) is 0 Å².